The summed E-state index contributed by atoms with van der Waals surface area (Å²) in [5, 5.41) is 0. The Hall–Kier alpha value is -1.67. The first-order valence-corrected chi connectivity index (χ1v) is 5.15. The lowest BCUT2D eigenvalue weighted by molar-refractivity contribution is 0.555. The second kappa shape index (κ2) is 3.72. The maximum Gasteiger partial charge on any atom is 0.235 e. The molecular formula is C12H13FN2O. The van der Waals surface area contributed by atoms with Gasteiger partial charge in [-0.15, -0.1) is 0 Å². The Labute approximate surface area is 93.6 Å². The predicted molar refractivity (Wildman–Crippen MR) is 59.8 cm³/mol. The third kappa shape index (κ3) is 1.72. The minimum absolute atomic E-state index is 0.283. The Morgan fingerprint density at radius 2 is 2.12 bits per heavy atom. The second-order valence-corrected chi connectivity index (χ2v) is 4.30. The summed E-state index contributed by atoms with van der Waals surface area (Å²) in [7, 11) is 3.57. The molecule has 1 aliphatic rings. The lowest BCUT2D eigenvalue weighted by Crippen LogP contribution is -2.12. The first kappa shape index (κ1) is 10.8. The van der Waals surface area contributed by atoms with Crippen LogP contribution in [0.15, 0.2) is 23.2 Å². The predicted octanol–water partition coefficient (Wildman–Crippen LogP) is 2.22. The highest BCUT2D eigenvalue weighted by Crippen LogP contribution is 2.49. The van der Waals surface area contributed by atoms with Gasteiger partial charge in [-0.3, -0.25) is 0 Å². The van der Waals surface area contributed by atoms with Crippen LogP contribution in [0, 0.1) is 5.82 Å². The monoisotopic (exact) mass is 220 g/mol. The minimum atomic E-state index is -0.493. The number of hydrogen-bond donors (Lipinski definition) is 0. The topological polar surface area (TPSA) is 32.7 Å². The van der Waals surface area contributed by atoms with Crippen molar-refractivity contribution in [1.29, 1.82) is 0 Å². The number of rotatable bonds is 3. The Bertz CT molecular complexity index is 460. The highest BCUT2D eigenvalue weighted by atomic mass is 19.1. The quantitative estimate of drug-likeness (QED) is 0.578. The van der Waals surface area contributed by atoms with Crippen molar-refractivity contribution in [3.8, 4) is 0 Å². The van der Waals surface area contributed by atoms with Crippen molar-refractivity contribution in [3.63, 3.8) is 0 Å². The number of halogens is 1. The van der Waals surface area contributed by atoms with Gasteiger partial charge in [-0.1, -0.05) is 6.07 Å². The molecule has 1 fully saturated rings. The van der Waals surface area contributed by atoms with Crippen molar-refractivity contribution in [1.82, 2.24) is 0 Å². The van der Waals surface area contributed by atoms with Gasteiger partial charge in [0, 0.05) is 14.1 Å². The van der Waals surface area contributed by atoms with E-state index >= 15 is 0 Å². The summed E-state index contributed by atoms with van der Waals surface area (Å²) in [6.07, 6.45) is 3.16. The third-order valence-corrected chi connectivity index (χ3v) is 2.95. The molecule has 84 valence electrons. The van der Waals surface area contributed by atoms with Crippen LogP contribution in [0.3, 0.4) is 0 Å². The largest absolute Gasteiger partial charge is 0.375 e. The molecule has 1 aliphatic carbocycles. The summed E-state index contributed by atoms with van der Waals surface area (Å²) in [6, 6.07) is 5.00. The zero-order valence-corrected chi connectivity index (χ0v) is 9.33. The number of isocyanates is 1. The van der Waals surface area contributed by atoms with Gasteiger partial charge in [-0.25, -0.2) is 9.18 Å². The number of anilines is 1. The molecule has 0 radical (unpaired) electrons. The SMILES string of the molecule is CN(C)c1ccc(C2(N=C=O)CC2)cc1F. The molecule has 1 aromatic carbocycles. The van der Waals surface area contributed by atoms with E-state index in [0.29, 0.717) is 5.69 Å². The van der Waals surface area contributed by atoms with Crippen LogP contribution in [0.25, 0.3) is 0 Å². The molecule has 2 rings (SSSR count). The lowest BCUT2D eigenvalue weighted by Gasteiger charge is -2.15. The van der Waals surface area contributed by atoms with Crippen molar-refractivity contribution < 1.29 is 9.18 Å². The highest BCUT2D eigenvalue weighted by molar-refractivity contribution is 5.50. The standard InChI is InChI=1S/C12H13FN2O/c1-15(2)11-4-3-9(7-10(11)13)12(5-6-12)14-8-16/h3-4,7H,5-6H2,1-2H3. The second-order valence-electron chi connectivity index (χ2n) is 4.30. The van der Waals surface area contributed by atoms with Gasteiger partial charge in [-0.05, 0) is 30.5 Å². The van der Waals surface area contributed by atoms with Crippen molar-refractivity contribution in [2.45, 2.75) is 18.4 Å². The average Bonchev–Trinajstić information content (AvgIpc) is 2.99. The maximum absolute atomic E-state index is 13.7. The van der Waals surface area contributed by atoms with Crippen LogP contribution in [0.5, 0.6) is 0 Å². The molecule has 16 heavy (non-hydrogen) atoms. The van der Waals surface area contributed by atoms with E-state index in [1.54, 1.807) is 31.1 Å². The molecule has 0 bridgehead atoms. The Balaban J connectivity index is 2.39. The van der Waals surface area contributed by atoms with Crippen LogP contribution < -0.4 is 4.90 Å². The number of nitrogens with zero attached hydrogens (tertiary/aromatic N) is 2. The molecule has 0 aliphatic heterocycles. The fourth-order valence-corrected chi connectivity index (χ4v) is 1.83. The molecule has 3 nitrogen and oxygen atoms in total. The van der Waals surface area contributed by atoms with Gasteiger partial charge in [0.15, 0.2) is 0 Å². The summed E-state index contributed by atoms with van der Waals surface area (Å²) in [5.41, 5.74) is 0.807. The maximum atomic E-state index is 13.7. The van der Waals surface area contributed by atoms with Crippen molar-refractivity contribution in [3.05, 3.63) is 29.6 Å². The number of aliphatic imine (C=N–C) groups is 1. The molecule has 4 heteroatoms. The lowest BCUT2D eigenvalue weighted by atomic mass is 10.0. The van der Waals surface area contributed by atoms with Gasteiger partial charge in [0.05, 0.1) is 11.2 Å². The van der Waals surface area contributed by atoms with Gasteiger partial charge in [-0.2, -0.15) is 4.99 Å². The van der Waals surface area contributed by atoms with Crippen LogP contribution in [-0.2, 0) is 10.3 Å². The van der Waals surface area contributed by atoms with Crippen molar-refractivity contribution >= 4 is 11.8 Å². The van der Waals surface area contributed by atoms with Gasteiger partial charge in [0.1, 0.15) is 5.82 Å². The van der Waals surface area contributed by atoms with Gasteiger partial charge in [0.25, 0.3) is 0 Å². The van der Waals surface area contributed by atoms with E-state index in [9.17, 15) is 9.18 Å². The Kier molecular flexibility index (Phi) is 2.52. The van der Waals surface area contributed by atoms with E-state index < -0.39 is 5.54 Å². The van der Waals surface area contributed by atoms with Crippen LogP contribution in [0.2, 0.25) is 0 Å². The number of benzene rings is 1. The molecule has 0 amide bonds. The summed E-state index contributed by atoms with van der Waals surface area (Å²) in [5.74, 6) is -0.283. The minimum Gasteiger partial charge on any atom is -0.375 e. The highest BCUT2D eigenvalue weighted by Gasteiger charge is 2.45. The first-order chi connectivity index (χ1) is 7.59. The van der Waals surface area contributed by atoms with E-state index in [0.717, 1.165) is 18.4 Å². The summed E-state index contributed by atoms with van der Waals surface area (Å²) in [4.78, 5) is 15.8. The molecule has 0 spiro atoms. The fraction of sp³-hybridized carbons (Fsp3) is 0.417. The molecule has 0 atom stereocenters. The van der Waals surface area contributed by atoms with Crippen LogP contribution in [0.1, 0.15) is 18.4 Å². The summed E-state index contributed by atoms with van der Waals surface area (Å²) in [6.45, 7) is 0. The van der Waals surface area contributed by atoms with E-state index in [2.05, 4.69) is 4.99 Å². The molecule has 1 saturated carbocycles. The van der Waals surface area contributed by atoms with E-state index in [1.807, 2.05) is 6.07 Å². The Morgan fingerprint density at radius 3 is 2.56 bits per heavy atom. The third-order valence-electron chi connectivity index (χ3n) is 2.95. The van der Waals surface area contributed by atoms with Crippen LogP contribution in [0.4, 0.5) is 10.1 Å². The Morgan fingerprint density at radius 1 is 1.44 bits per heavy atom. The number of hydrogen-bond acceptors (Lipinski definition) is 3. The molecule has 0 saturated heterocycles. The molecule has 0 heterocycles. The zero-order chi connectivity index (χ0) is 11.8. The van der Waals surface area contributed by atoms with E-state index in [4.69, 9.17) is 0 Å². The van der Waals surface area contributed by atoms with Crippen LogP contribution >= 0.6 is 0 Å². The summed E-state index contributed by atoms with van der Waals surface area (Å²) < 4.78 is 13.7. The average molecular weight is 220 g/mol. The first-order valence-electron chi connectivity index (χ1n) is 5.15. The van der Waals surface area contributed by atoms with E-state index in [-0.39, 0.29) is 5.82 Å². The van der Waals surface area contributed by atoms with Crippen molar-refractivity contribution in [2.24, 2.45) is 4.99 Å². The smallest absolute Gasteiger partial charge is 0.235 e. The zero-order valence-electron chi connectivity index (χ0n) is 9.33. The van der Waals surface area contributed by atoms with E-state index in [1.165, 1.54) is 6.07 Å². The number of carbonyl (C=O) groups excluding carboxylic acids is 1. The van der Waals surface area contributed by atoms with Gasteiger partial charge in [0.2, 0.25) is 6.08 Å². The van der Waals surface area contributed by atoms with Gasteiger partial charge >= 0.3 is 0 Å². The normalized spacial score (nSPS) is 16.4. The molecule has 0 aromatic heterocycles. The summed E-state index contributed by atoms with van der Waals surface area (Å²) >= 11 is 0. The molecular weight excluding hydrogens is 207 g/mol. The van der Waals surface area contributed by atoms with Gasteiger partial charge < -0.3 is 4.90 Å². The van der Waals surface area contributed by atoms with Crippen LogP contribution in [-0.4, -0.2) is 20.2 Å². The molecule has 1 aromatic rings. The fourth-order valence-electron chi connectivity index (χ4n) is 1.83. The molecule has 0 N–H and O–H groups in total. The molecule has 0 unspecified atom stereocenters. The van der Waals surface area contributed by atoms with Crippen molar-refractivity contribution in [2.75, 3.05) is 19.0 Å².